The average molecular weight is 238 g/mol. The minimum Gasteiger partial charge on any atom is -0.390 e. The third-order valence-electron chi connectivity index (χ3n) is 5.90. The molecule has 2 aliphatic carbocycles. The molecular weight excluding hydrogens is 212 g/mol. The maximum Gasteiger partial charge on any atom is 0.0662 e. The summed E-state index contributed by atoms with van der Waals surface area (Å²) in [6, 6.07) is 0. The molecule has 6 atom stereocenters. The second-order valence-electron chi connectivity index (χ2n) is 7.43. The number of ether oxygens (including phenoxy) is 1. The predicted octanol–water partition coefficient (Wildman–Crippen LogP) is 2.99. The van der Waals surface area contributed by atoms with Crippen LogP contribution in [0.15, 0.2) is 0 Å². The minimum atomic E-state index is -0.455. The molecule has 0 bridgehead atoms. The SMILES string of the molecule is CC1CCC2C3C1OC(C)(C)C3CCC2(C)O. The molecule has 0 amide bonds. The maximum absolute atomic E-state index is 10.6. The maximum atomic E-state index is 10.6. The van der Waals surface area contributed by atoms with E-state index in [0.717, 1.165) is 12.8 Å². The van der Waals surface area contributed by atoms with Gasteiger partial charge in [0.1, 0.15) is 0 Å². The van der Waals surface area contributed by atoms with Crippen LogP contribution in [0.4, 0.5) is 0 Å². The molecule has 2 saturated carbocycles. The third kappa shape index (κ3) is 1.60. The van der Waals surface area contributed by atoms with Gasteiger partial charge >= 0.3 is 0 Å². The van der Waals surface area contributed by atoms with Gasteiger partial charge < -0.3 is 9.84 Å². The summed E-state index contributed by atoms with van der Waals surface area (Å²) in [6.45, 7) is 8.87. The van der Waals surface area contributed by atoms with Gasteiger partial charge in [-0.3, -0.25) is 0 Å². The van der Waals surface area contributed by atoms with Crippen molar-refractivity contribution in [1.82, 2.24) is 0 Å². The van der Waals surface area contributed by atoms with Crippen LogP contribution in [0.25, 0.3) is 0 Å². The Bertz CT molecular complexity index is 321. The Morgan fingerprint density at radius 3 is 2.47 bits per heavy atom. The van der Waals surface area contributed by atoms with Crippen LogP contribution in [0, 0.1) is 23.7 Å². The molecule has 1 heterocycles. The fourth-order valence-corrected chi connectivity index (χ4v) is 4.91. The van der Waals surface area contributed by atoms with Gasteiger partial charge in [0, 0.05) is 0 Å². The van der Waals surface area contributed by atoms with E-state index in [-0.39, 0.29) is 5.60 Å². The Labute approximate surface area is 105 Å². The van der Waals surface area contributed by atoms with Crippen molar-refractivity contribution in [3.05, 3.63) is 0 Å². The fourth-order valence-electron chi connectivity index (χ4n) is 4.91. The Morgan fingerprint density at radius 1 is 1.06 bits per heavy atom. The zero-order chi connectivity index (χ0) is 12.4. The predicted molar refractivity (Wildman–Crippen MR) is 67.7 cm³/mol. The number of aliphatic hydroxyl groups is 1. The van der Waals surface area contributed by atoms with Gasteiger partial charge in [-0.1, -0.05) is 6.92 Å². The zero-order valence-electron chi connectivity index (χ0n) is 11.6. The van der Waals surface area contributed by atoms with Crippen LogP contribution in [0.2, 0.25) is 0 Å². The third-order valence-corrected chi connectivity index (χ3v) is 5.90. The van der Waals surface area contributed by atoms with Crippen LogP contribution >= 0.6 is 0 Å². The molecule has 0 aromatic rings. The highest BCUT2D eigenvalue weighted by molar-refractivity contribution is 5.09. The average Bonchev–Trinajstić information content (AvgIpc) is 2.48. The van der Waals surface area contributed by atoms with Crippen LogP contribution < -0.4 is 0 Å². The summed E-state index contributed by atoms with van der Waals surface area (Å²) >= 11 is 0. The van der Waals surface area contributed by atoms with Crippen LogP contribution in [-0.4, -0.2) is 22.4 Å². The first-order chi connectivity index (χ1) is 7.83. The first kappa shape index (κ1) is 12.0. The molecule has 2 heteroatoms. The van der Waals surface area contributed by atoms with Crippen molar-refractivity contribution in [2.75, 3.05) is 0 Å². The molecule has 17 heavy (non-hydrogen) atoms. The van der Waals surface area contributed by atoms with E-state index in [1.54, 1.807) is 0 Å². The van der Waals surface area contributed by atoms with Gasteiger partial charge in [0.25, 0.3) is 0 Å². The van der Waals surface area contributed by atoms with Crippen molar-refractivity contribution < 1.29 is 9.84 Å². The molecule has 0 spiro atoms. The monoisotopic (exact) mass is 238 g/mol. The van der Waals surface area contributed by atoms with E-state index in [0.29, 0.717) is 29.8 Å². The molecule has 0 aromatic carbocycles. The summed E-state index contributed by atoms with van der Waals surface area (Å²) in [4.78, 5) is 0. The lowest BCUT2D eigenvalue weighted by Crippen LogP contribution is -2.52. The molecule has 98 valence electrons. The molecular formula is C15H26O2. The normalized spacial score (nSPS) is 56.6. The van der Waals surface area contributed by atoms with Crippen molar-refractivity contribution in [2.24, 2.45) is 23.7 Å². The Balaban J connectivity index is 1.98. The number of hydrogen-bond donors (Lipinski definition) is 1. The lowest BCUT2D eigenvalue weighted by Gasteiger charge is -2.50. The summed E-state index contributed by atoms with van der Waals surface area (Å²) in [5, 5.41) is 10.6. The van der Waals surface area contributed by atoms with Gasteiger partial charge in [0.2, 0.25) is 0 Å². The van der Waals surface area contributed by atoms with Crippen LogP contribution in [0.1, 0.15) is 53.4 Å². The highest BCUT2D eigenvalue weighted by atomic mass is 16.5. The van der Waals surface area contributed by atoms with Crippen molar-refractivity contribution >= 4 is 0 Å². The van der Waals surface area contributed by atoms with Gasteiger partial charge in [-0.2, -0.15) is 0 Å². The Morgan fingerprint density at radius 2 is 1.76 bits per heavy atom. The lowest BCUT2D eigenvalue weighted by atomic mass is 9.56. The van der Waals surface area contributed by atoms with Gasteiger partial charge in [0.05, 0.1) is 17.3 Å². The van der Waals surface area contributed by atoms with Crippen LogP contribution in [-0.2, 0) is 4.74 Å². The van der Waals surface area contributed by atoms with E-state index < -0.39 is 5.60 Å². The number of hydrogen-bond acceptors (Lipinski definition) is 2. The van der Waals surface area contributed by atoms with Gasteiger partial charge in [0.15, 0.2) is 0 Å². The summed E-state index contributed by atoms with van der Waals surface area (Å²) in [7, 11) is 0. The summed E-state index contributed by atoms with van der Waals surface area (Å²) in [5.74, 6) is 2.37. The fraction of sp³-hybridized carbons (Fsp3) is 1.00. The molecule has 0 radical (unpaired) electrons. The van der Waals surface area contributed by atoms with E-state index in [1.807, 2.05) is 6.92 Å². The molecule has 3 aliphatic rings. The molecule has 1 saturated heterocycles. The van der Waals surface area contributed by atoms with Crippen molar-refractivity contribution in [2.45, 2.75) is 70.7 Å². The van der Waals surface area contributed by atoms with Crippen LogP contribution in [0.3, 0.4) is 0 Å². The molecule has 3 rings (SSSR count). The van der Waals surface area contributed by atoms with E-state index in [1.165, 1.54) is 12.8 Å². The topological polar surface area (TPSA) is 29.5 Å². The summed E-state index contributed by atoms with van der Waals surface area (Å²) in [6.07, 6.45) is 4.87. The highest BCUT2D eigenvalue weighted by Gasteiger charge is 2.60. The standard InChI is InChI=1S/C15H26O2/c1-9-5-6-11-12-10(7-8-15(11,4)16)14(2,3)17-13(9)12/h9-13,16H,5-8H2,1-4H3. The van der Waals surface area contributed by atoms with Crippen LogP contribution in [0.5, 0.6) is 0 Å². The van der Waals surface area contributed by atoms with Gasteiger partial charge in [-0.15, -0.1) is 0 Å². The molecule has 3 fully saturated rings. The molecule has 6 unspecified atom stereocenters. The van der Waals surface area contributed by atoms with Gasteiger partial charge in [-0.25, -0.2) is 0 Å². The summed E-state index contributed by atoms with van der Waals surface area (Å²) < 4.78 is 6.36. The summed E-state index contributed by atoms with van der Waals surface area (Å²) in [5.41, 5.74) is -0.438. The van der Waals surface area contributed by atoms with Crippen molar-refractivity contribution in [3.63, 3.8) is 0 Å². The highest BCUT2D eigenvalue weighted by Crippen LogP contribution is 2.58. The van der Waals surface area contributed by atoms with E-state index >= 15 is 0 Å². The molecule has 2 nitrogen and oxygen atoms in total. The largest absolute Gasteiger partial charge is 0.390 e. The first-order valence-electron chi connectivity index (χ1n) is 7.23. The van der Waals surface area contributed by atoms with Crippen molar-refractivity contribution in [1.29, 1.82) is 0 Å². The second kappa shape index (κ2) is 3.48. The molecule has 1 aliphatic heterocycles. The van der Waals surface area contributed by atoms with Crippen molar-refractivity contribution in [3.8, 4) is 0 Å². The number of rotatable bonds is 0. The zero-order valence-corrected chi connectivity index (χ0v) is 11.6. The van der Waals surface area contributed by atoms with Gasteiger partial charge in [-0.05, 0) is 70.1 Å². The van der Waals surface area contributed by atoms with E-state index in [4.69, 9.17) is 4.74 Å². The lowest BCUT2D eigenvalue weighted by molar-refractivity contribution is -0.111. The Hall–Kier alpha value is -0.0800. The molecule has 0 aromatic heterocycles. The molecule has 1 N–H and O–H groups in total. The Kier molecular flexibility index (Phi) is 2.45. The second-order valence-corrected chi connectivity index (χ2v) is 7.43. The van der Waals surface area contributed by atoms with E-state index in [9.17, 15) is 5.11 Å². The quantitative estimate of drug-likeness (QED) is 0.703. The van der Waals surface area contributed by atoms with E-state index in [2.05, 4.69) is 20.8 Å². The minimum absolute atomic E-state index is 0.0166. The first-order valence-corrected chi connectivity index (χ1v) is 7.23. The smallest absolute Gasteiger partial charge is 0.0662 e.